The molecule has 1 aromatic carbocycles. The number of methoxy groups -OCH3 is 1. The quantitative estimate of drug-likeness (QED) is 0.121. The molecular formula is C19H31F3N6O4. The number of aliphatic imine (C=N–C) groups is 1. The third-order valence-electron chi connectivity index (χ3n) is 4.17. The van der Waals surface area contributed by atoms with Crippen molar-refractivity contribution in [1.82, 2.24) is 10.2 Å². The van der Waals surface area contributed by atoms with Crippen LogP contribution >= 0.6 is 0 Å². The van der Waals surface area contributed by atoms with Crippen molar-refractivity contribution in [1.29, 1.82) is 0 Å². The van der Waals surface area contributed by atoms with Crippen molar-refractivity contribution in [3.63, 3.8) is 0 Å². The average molecular weight is 464 g/mol. The van der Waals surface area contributed by atoms with Crippen LogP contribution in [0, 0.1) is 0 Å². The smallest absolute Gasteiger partial charge is 0.471 e. The first-order valence-corrected chi connectivity index (χ1v) is 9.93. The van der Waals surface area contributed by atoms with Crippen molar-refractivity contribution in [3.05, 3.63) is 18.2 Å². The molecule has 0 aliphatic rings. The summed E-state index contributed by atoms with van der Waals surface area (Å²) in [7, 11) is 3.40. The number of guanidine groups is 1. The van der Waals surface area contributed by atoms with E-state index in [4.69, 9.17) is 15.2 Å². The van der Waals surface area contributed by atoms with Crippen LogP contribution in [-0.2, 0) is 9.53 Å². The van der Waals surface area contributed by atoms with Gasteiger partial charge in [0.15, 0.2) is 5.96 Å². The maximum atomic E-state index is 12.1. The lowest BCUT2D eigenvalue weighted by molar-refractivity contribution is -0.173. The normalized spacial score (nSPS) is 12.0. The first-order valence-electron chi connectivity index (χ1n) is 9.93. The van der Waals surface area contributed by atoms with Crippen LogP contribution in [0.3, 0.4) is 0 Å². The molecule has 0 atom stereocenters. The summed E-state index contributed by atoms with van der Waals surface area (Å²) in [6.07, 6.45) is -3.79. The number of nitrogens with zero attached hydrogens (tertiary/aromatic N) is 2. The SMILES string of the molecule is COCCOc1ccc(NC(N)=NCCCN(C)CCCNC(=O)C(F)(F)F)c(NO)c1. The van der Waals surface area contributed by atoms with Crippen LogP contribution in [0.2, 0.25) is 0 Å². The molecule has 0 radical (unpaired) electrons. The number of nitrogens with one attached hydrogen (secondary N) is 3. The summed E-state index contributed by atoms with van der Waals surface area (Å²) < 4.78 is 46.6. The summed E-state index contributed by atoms with van der Waals surface area (Å²) >= 11 is 0. The maximum absolute atomic E-state index is 12.1. The molecule has 0 aromatic heterocycles. The van der Waals surface area contributed by atoms with Gasteiger partial charge < -0.3 is 30.7 Å². The topological polar surface area (TPSA) is 133 Å². The number of alkyl halides is 3. The first kappa shape index (κ1) is 27.3. The molecule has 182 valence electrons. The highest BCUT2D eigenvalue weighted by atomic mass is 19.4. The number of halogens is 3. The van der Waals surface area contributed by atoms with Crippen LogP contribution in [-0.4, -0.2) is 81.7 Å². The Bertz CT molecular complexity index is 734. The number of carbonyl (C=O) groups is 1. The second kappa shape index (κ2) is 14.3. The molecule has 13 heteroatoms. The summed E-state index contributed by atoms with van der Waals surface area (Å²) in [4.78, 5) is 16.9. The van der Waals surface area contributed by atoms with Crippen LogP contribution in [0.15, 0.2) is 23.2 Å². The molecule has 10 nitrogen and oxygen atoms in total. The Balaban J connectivity index is 2.33. The zero-order valence-electron chi connectivity index (χ0n) is 18.2. The van der Waals surface area contributed by atoms with Gasteiger partial charge in [-0.05, 0) is 45.1 Å². The number of anilines is 2. The Morgan fingerprint density at radius 1 is 1.22 bits per heavy atom. The zero-order chi connectivity index (χ0) is 24.0. The molecule has 1 amide bonds. The number of carbonyl (C=O) groups excluding carboxylic acids is 1. The molecule has 6 N–H and O–H groups in total. The van der Waals surface area contributed by atoms with Crippen molar-refractivity contribution < 1.29 is 32.6 Å². The Labute approximate surface area is 184 Å². The lowest BCUT2D eigenvalue weighted by Gasteiger charge is -2.16. The predicted octanol–water partition coefficient (Wildman–Crippen LogP) is 1.63. The van der Waals surface area contributed by atoms with Crippen LogP contribution in [0.5, 0.6) is 5.75 Å². The van der Waals surface area contributed by atoms with Crippen molar-refractivity contribution in [2.75, 3.05) is 64.3 Å². The molecule has 0 saturated carbocycles. The molecule has 0 aliphatic carbocycles. The molecule has 0 aliphatic heterocycles. The Kier molecular flexibility index (Phi) is 12.2. The van der Waals surface area contributed by atoms with Crippen LogP contribution in [0.4, 0.5) is 24.5 Å². The van der Waals surface area contributed by atoms with E-state index >= 15 is 0 Å². The molecule has 0 bridgehead atoms. The number of amides is 1. The third kappa shape index (κ3) is 11.0. The van der Waals surface area contributed by atoms with Crippen molar-refractivity contribution in [2.45, 2.75) is 19.0 Å². The first-order chi connectivity index (χ1) is 15.2. The standard InChI is InChI=1S/C19H31F3N6O4/c1-28(9-3-7-24-17(29)19(20,21)22)10-4-8-25-18(23)26-15-6-5-14(13-16(15)27-30)32-12-11-31-2/h5-6,13,27,30H,3-4,7-12H2,1-2H3,(H,24,29)(H3,23,25,26). The second-order valence-corrected chi connectivity index (χ2v) is 6.82. The molecule has 0 heterocycles. The van der Waals surface area contributed by atoms with E-state index < -0.39 is 12.1 Å². The molecular weight excluding hydrogens is 433 g/mol. The monoisotopic (exact) mass is 464 g/mol. The van der Waals surface area contributed by atoms with Gasteiger partial charge in [-0.1, -0.05) is 0 Å². The Hall–Kier alpha value is -2.77. The van der Waals surface area contributed by atoms with E-state index in [-0.39, 0.29) is 12.5 Å². The van der Waals surface area contributed by atoms with Crippen LogP contribution in [0.1, 0.15) is 12.8 Å². The molecule has 1 aromatic rings. The van der Waals surface area contributed by atoms with E-state index in [1.54, 1.807) is 25.3 Å². The van der Waals surface area contributed by atoms with E-state index in [0.717, 1.165) is 0 Å². The van der Waals surface area contributed by atoms with Gasteiger partial charge in [-0.2, -0.15) is 13.2 Å². The molecule has 0 spiro atoms. The van der Waals surface area contributed by atoms with E-state index in [2.05, 4.69) is 15.8 Å². The fourth-order valence-corrected chi connectivity index (χ4v) is 2.54. The van der Waals surface area contributed by atoms with Crippen molar-refractivity contribution >= 4 is 23.2 Å². The van der Waals surface area contributed by atoms with Gasteiger partial charge in [-0.15, -0.1) is 0 Å². The van der Waals surface area contributed by atoms with Gasteiger partial charge in [0.25, 0.3) is 0 Å². The van der Waals surface area contributed by atoms with Crippen molar-refractivity contribution in [2.24, 2.45) is 10.7 Å². The number of benzene rings is 1. The van der Waals surface area contributed by atoms with E-state index in [0.29, 0.717) is 62.8 Å². The second-order valence-electron chi connectivity index (χ2n) is 6.82. The molecule has 32 heavy (non-hydrogen) atoms. The predicted molar refractivity (Wildman–Crippen MR) is 115 cm³/mol. The maximum Gasteiger partial charge on any atom is 0.471 e. The summed E-state index contributed by atoms with van der Waals surface area (Å²) in [5.41, 5.74) is 8.82. The van der Waals surface area contributed by atoms with Gasteiger partial charge in [0.2, 0.25) is 0 Å². The Morgan fingerprint density at radius 2 is 1.94 bits per heavy atom. The fourth-order valence-electron chi connectivity index (χ4n) is 2.54. The number of rotatable bonds is 14. The van der Waals surface area contributed by atoms with Crippen LogP contribution < -0.4 is 26.6 Å². The zero-order valence-corrected chi connectivity index (χ0v) is 18.2. The number of hydrogen-bond acceptors (Lipinski definition) is 7. The fraction of sp³-hybridized carbons (Fsp3) is 0.579. The molecule has 0 saturated heterocycles. The Morgan fingerprint density at radius 3 is 2.59 bits per heavy atom. The van der Waals surface area contributed by atoms with E-state index in [1.165, 1.54) is 0 Å². The lowest BCUT2D eigenvalue weighted by Crippen LogP contribution is -2.38. The van der Waals surface area contributed by atoms with Gasteiger partial charge >= 0.3 is 12.1 Å². The van der Waals surface area contributed by atoms with Crippen LogP contribution in [0.25, 0.3) is 0 Å². The average Bonchev–Trinajstić information content (AvgIpc) is 2.74. The van der Waals surface area contributed by atoms with Crippen molar-refractivity contribution in [3.8, 4) is 5.75 Å². The van der Waals surface area contributed by atoms with Gasteiger partial charge in [-0.3, -0.25) is 20.5 Å². The summed E-state index contributed by atoms with van der Waals surface area (Å²) in [5.74, 6) is -1.22. The third-order valence-corrected chi connectivity index (χ3v) is 4.17. The van der Waals surface area contributed by atoms with E-state index in [9.17, 15) is 23.2 Å². The van der Waals surface area contributed by atoms with Gasteiger partial charge in [0.05, 0.1) is 18.0 Å². The number of hydrogen-bond donors (Lipinski definition) is 5. The molecule has 1 rings (SSSR count). The van der Waals surface area contributed by atoms with Gasteiger partial charge in [-0.25, -0.2) is 0 Å². The van der Waals surface area contributed by atoms with E-state index in [1.807, 2.05) is 17.3 Å². The minimum absolute atomic E-state index is 0.0465. The lowest BCUT2D eigenvalue weighted by atomic mass is 10.2. The highest BCUT2D eigenvalue weighted by molar-refractivity contribution is 5.95. The molecule has 0 fully saturated rings. The highest BCUT2D eigenvalue weighted by Gasteiger charge is 2.38. The minimum atomic E-state index is -4.86. The summed E-state index contributed by atoms with van der Waals surface area (Å²) in [6, 6.07) is 4.98. The number of nitrogens with two attached hydrogens (primary N) is 1. The summed E-state index contributed by atoms with van der Waals surface area (Å²) in [6.45, 7) is 2.36. The number of ether oxygens (including phenoxy) is 2. The highest BCUT2D eigenvalue weighted by Crippen LogP contribution is 2.26. The largest absolute Gasteiger partial charge is 0.491 e. The van der Waals surface area contributed by atoms with Gasteiger partial charge in [0.1, 0.15) is 12.4 Å². The van der Waals surface area contributed by atoms with Gasteiger partial charge in [0, 0.05) is 26.3 Å². The molecule has 0 unspecified atom stereocenters. The summed E-state index contributed by atoms with van der Waals surface area (Å²) in [5, 5.41) is 14.0. The minimum Gasteiger partial charge on any atom is -0.491 e.